The number of amides is 1. The predicted molar refractivity (Wildman–Crippen MR) is 105 cm³/mol. The minimum absolute atomic E-state index is 0.106. The van der Waals surface area contributed by atoms with E-state index in [9.17, 15) is 14.7 Å². The van der Waals surface area contributed by atoms with Crippen molar-refractivity contribution in [3.63, 3.8) is 0 Å². The molecule has 1 atom stereocenters. The molecule has 1 aliphatic heterocycles. The van der Waals surface area contributed by atoms with E-state index in [-0.39, 0.29) is 17.5 Å². The predicted octanol–water partition coefficient (Wildman–Crippen LogP) is 4.81. The molecule has 3 rings (SSSR count). The zero-order valence-electron chi connectivity index (χ0n) is 15.5. The van der Waals surface area contributed by atoms with Crippen LogP contribution in [0.2, 0.25) is 5.02 Å². The van der Waals surface area contributed by atoms with Gasteiger partial charge in [0.2, 0.25) is 5.91 Å². The van der Waals surface area contributed by atoms with Gasteiger partial charge in [-0.05, 0) is 43.0 Å². The molecule has 0 aliphatic carbocycles. The number of hydrogen-bond donors (Lipinski definition) is 1. The van der Waals surface area contributed by atoms with Crippen molar-refractivity contribution in [2.24, 2.45) is 5.92 Å². The number of rotatable bonds is 5. The van der Waals surface area contributed by atoms with Crippen LogP contribution in [0.4, 0.5) is 0 Å². The van der Waals surface area contributed by atoms with Crippen LogP contribution >= 0.6 is 11.6 Å². The Morgan fingerprint density at radius 1 is 1.22 bits per heavy atom. The summed E-state index contributed by atoms with van der Waals surface area (Å²) in [4.78, 5) is 30.8. The summed E-state index contributed by atoms with van der Waals surface area (Å²) in [5.74, 6) is -0.603. The molecule has 1 aliphatic rings. The Balaban J connectivity index is 1.99. The number of carboxylic acid groups (broad SMARTS) is 1. The first-order valence-electron chi connectivity index (χ1n) is 9.16. The molecule has 2 heterocycles. The molecule has 0 bridgehead atoms. The third-order valence-electron chi connectivity index (χ3n) is 4.76. The molecular weight excluding hydrogens is 364 g/mol. The number of likely N-dealkylation sites (tertiary alicyclic amines) is 1. The first-order valence-corrected chi connectivity index (χ1v) is 9.54. The highest BCUT2D eigenvalue weighted by Crippen LogP contribution is 2.34. The van der Waals surface area contributed by atoms with E-state index in [0.29, 0.717) is 28.6 Å². The van der Waals surface area contributed by atoms with Crippen molar-refractivity contribution in [2.45, 2.75) is 39.2 Å². The summed E-state index contributed by atoms with van der Waals surface area (Å²) in [7, 11) is 0. The average molecular weight is 387 g/mol. The number of carboxylic acids is 1. The fourth-order valence-electron chi connectivity index (χ4n) is 3.50. The second-order valence-corrected chi connectivity index (χ2v) is 7.72. The highest BCUT2D eigenvalue weighted by molar-refractivity contribution is 6.30. The number of hydrogen-bond acceptors (Lipinski definition) is 3. The Kier molecular flexibility index (Phi) is 5.80. The van der Waals surface area contributed by atoms with E-state index in [4.69, 9.17) is 11.6 Å². The quantitative estimate of drug-likeness (QED) is 0.800. The lowest BCUT2D eigenvalue weighted by Crippen LogP contribution is -2.31. The Hall–Kier alpha value is -2.40. The SMILES string of the molecule is CC(C)CC(=O)N1CCC[C@@H]1c1ccc(C(=O)O)c(-c2ccc(Cl)cc2)n1. The maximum absolute atomic E-state index is 12.6. The van der Waals surface area contributed by atoms with Crippen LogP contribution in [0.15, 0.2) is 36.4 Å². The first kappa shape index (κ1) is 19.4. The van der Waals surface area contributed by atoms with Gasteiger partial charge < -0.3 is 10.0 Å². The number of halogens is 1. The minimum Gasteiger partial charge on any atom is -0.478 e. The third kappa shape index (κ3) is 4.30. The van der Waals surface area contributed by atoms with Crippen LogP contribution < -0.4 is 0 Å². The molecule has 27 heavy (non-hydrogen) atoms. The van der Waals surface area contributed by atoms with Gasteiger partial charge in [0.15, 0.2) is 0 Å². The van der Waals surface area contributed by atoms with Crippen molar-refractivity contribution >= 4 is 23.5 Å². The lowest BCUT2D eigenvalue weighted by atomic mass is 10.0. The highest BCUT2D eigenvalue weighted by atomic mass is 35.5. The first-order chi connectivity index (χ1) is 12.9. The number of aromatic nitrogens is 1. The van der Waals surface area contributed by atoms with Gasteiger partial charge in [-0.2, -0.15) is 0 Å². The maximum Gasteiger partial charge on any atom is 0.337 e. The minimum atomic E-state index is -1.03. The van der Waals surface area contributed by atoms with Gasteiger partial charge in [0, 0.05) is 23.6 Å². The van der Waals surface area contributed by atoms with Crippen molar-refractivity contribution in [3.05, 3.63) is 52.7 Å². The second-order valence-electron chi connectivity index (χ2n) is 7.29. The number of benzene rings is 1. The molecule has 5 nitrogen and oxygen atoms in total. The van der Waals surface area contributed by atoms with Crippen molar-refractivity contribution in [3.8, 4) is 11.3 Å². The standard InChI is InChI=1S/C21H23ClN2O3/c1-13(2)12-19(25)24-11-3-4-18(24)17-10-9-16(21(26)27)20(23-17)14-5-7-15(22)8-6-14/h5-10,13,18H,3-4,11-12H2,1-2H3,(H,26,27)/t18-/m1/s1. The van der Waals surface area contributed by atoms with Crippen LogP contribution in [0.5, 0.6) is 0 Å². The number of nitrogens with zero attached hydrogens (tertiary/aromatic N) is 2. The van der Waals surface area contributed by atoms with E-state index in [0.717, 1.165) is 25.1 Å². The summed E-state index contributed by atoms with van der Waals surface area (Å²) in [6, 6.07) is 10.2. The normalized spacial score (nSPS) is 16.7. The highest BCUT2D eigenvalue weighted by Gasteiger charge is 2.31. The van der Waals surface area contributed by atoms with Crippen LogP contribution in [0.1, 0.15) is 55.2 Å². The van der Waals surface area contributed by atoms with E-state index in [1.807, 2.05) is 18.7 Å². The zero-order chi connectivity index (χ0) is 19.6. The second kappa shape index (κ2) is 8.09. The van der Waals surface area contributed by atoms with E-state index in [2.05, 4.69) is 4.98 Å². The van der Waals surface area contributed by atoms with Crippen LogP contribution in [0, 0.1) is 5.92 Å². The molecule has 1 amide bonds. The van der Waals surface area contributed by atoms with E-state index in [1.165, 1.54) is 0 Å². The molecular formula is C21H23ClN2O3. The molecule has 142 valence electrons. The Morgan fingerprint density at radius 3 is 2.56 bits per heavy atom. The van der Waals surface area contributed by atoms with Crippen LogP contribution in [0.25, 0.3) is 11.3 Å². The van der Waals surface area contributed by atoms with Crippen LogP contribution in [0.3, 0.4) is 0 Å². The molecule has 1 aromatic heterocycles. The summed E-state index contributed by atoms with van der Waals surface area (Å²) in [5.41, 5.74) is 1.97. The molecule has 0 unspecified atom stereocenters. The van der Waals surface area contributed by atoms with E-state index < -0.39 is 5.97 Å². The van der Waals surface area contributed by atoms with Crippen molar-refractivity contribution in [2.75, 3.05) is 6.54 Å². The van der Waals surface area contributed by atoms with E-state index in [1.54, 1.807) is 36.4 Å². The fraction of sp³-hybridized carbons (Fsp3) is 0.381. The van der Waals surface area contributed by atoms with Gasteiger partial charge in [-0.25, -0.2) is 9.78 Å². The van der Waals surface area contributed by atoms with Gasteiger partial charge in [0.25, 0.3) is 0 Å². The lowest BCUT2D eigenvalue weighted by molar-refractivity contribution is -0.133. The van der Waals surface area contributed by atoms with Gasteiger partial charge >= 0.3 is 5.97 Å². The van der Waals surface area contributed by atoms with Gasteiger partial charge in [0.1, 0.15) is 0 Å². The zero-order valence-corrected chi connectivity index (χ0v) is 16.2. The molecule has 0 radical (unpaired) electrons. The smallest absolute Gasteiger partial charge is 0.337 e. The summed E-state index contributed by atoms with van der Waals surface area (Å²) in [6.07, 6.45) is 2.27. The van der Waals surface area contributed by atoms with E-state index >= 15 is 0 Å². The Bertz CT molecular complexity index is 849. The summed E-state index contributed by atoms with van der Waals surface area (Å²) in [5, 5.41) is 10.1. The Labute approximate surface area is 164 Å². The Morgan fingerprint density at radius 2 is 1.93 bits per heavy atom. The largest absolute Gasteiger partial charge is 0.478 e. The van der Waals surface area contributed by atoms with Crippen molar-refractivity contribution in [1.29, 1.82) is 0 Å². The lowest BCUT2D eigenvalue weighted by Gasteiger charge is -2.25. The average Bonchev–Trinajstić information content (AvgIpc) is 3.11. The molecule has 1 fully saturated rings. The molecule has 6 heteroatoms. The van der Waals surface area contributed by atoms with Gasteiger partial charge in [-0.1, -0.05) is 37.6 Å². The fourth-order valence-corrected chi connectivity index (χ4v) is 3.63. The third-order valence-corrected chi connectivity index (χ3v) is 5.01. The number of carbonyl (C=O) groups is 2. The molecule has 0 spiro atoms. The van der Waals surface area contributed by atoms with Crippen LogP contribution in [-0.2, 0) is 4.79 Å². The van der Waals surface area contributed by atoms with Gasteiger partial charge in [0.05, 0.1) is 23.0 Å². The molecule has 2 aromatic rings. The molecule has 1 N–H and O–H groups in total. The van der Waals surface area contributed by atoms with Crippen molar-refractivity contribution < 1.29 is 14.7 Å². The topological polar surface area (TPSA) is 70.5 Å². The number of aromatic carboxylic acids is 1. The maximum atomic E-state index is 12.6. The molecule has 0 saturated carbocycles. The van der Waals surface area contributed by atoms with Crippen molar-refractivity contribution in [1.82, 2.24) is 9.88 Å². The summed E-state index contributed by atoms with van der Waals surface area (Å²) >= 11 is 5.95. The monoisotopic (exact) mass is 386 g/mol. The molecule has 1 aromatic carbocycles. The van der Waals surface area contributed by atoms with Gasteiger partial charge in [-0.3, -0.25) is 4.79 Å². The molecule has 1 saturated heterocycles. The number of pyridine rings is 1. The summed E-state index contributed by atoms with van der Waals surface area (Å²) in [6.45, 7) is 4.78. The van der Waals surface area contributed by atoms with Crippen LogP contribution in [-0.4, -0.2) is 33.4 Å². The van der Waals surface area contributed by atoms with Gasteiger partial charge in [-0.15, -0.1) is 0 Å². The number of carbonyl (C=O) groups excluding carboxylic acids is 1. The summed E-state index contributed by atoms with van der Waals surface area (Å²) < 4.78 is 0.